The summed E-state index contributed by atoms with van der Waals surface area (Å²) >= 11 is 0. The highest BCUT2D eigenvalue weighted by molar-refractivity contribution is 5.97. The monoisotopic (exact) mass is 539 g/mol. The first kappa shape index (κ1) is 28.8. The maximum atomic E-state index is 13.9. The van der Waals surface area contributed by atoms with Crippen molar-refractivity contribution in [3.8, 4) is 5.75 Å². The lowest BCUT2D eigenvalue weighted by atomic mass is 9.86. The number of aromatic nitrogens is 1. The van der Waals surface area contributed by atoms with Gasteiger partial charge in [-0.2, -0.15) is 0 Å². The molecule has 1 aromatic heterocycles. The Hall–Kier alpha value is -3.16. The maximum Gasteiger partial charge on any atom is 0.407 e. The van der Waals surface area contributed by atoms with Crippen molar-refractivity contribution in [2.24, 2.45) is 17.8 Å². The quantitative estimate of drug-likeness (QED) is 0.354. The number of carbonyl (C=O) groups excluding carboxylic acids is 2. The first-order valence-electron chi connectivity index (χ1n) is 14.2. The number of halogens is 1. The SMILES string of the molecule is CC[C@H](C)[C@@H](CN(C(=O)[C@@H]1C[C@H]1c1ccc(F)cn1)c1ccc(OCC2CCC2)cc1)NC(=O)OC(C)(C)C. The van der Waals surface area contributed by atoms with Crippen LogP contribution in [0.5, 0.6) is 5.75 Å². The molecule has 0 spiro atoms. The molecule has 1 aromatic carbocycles. The summed E-state index contributed by atoms with van der Waals surface area (Å²) in [5, 5.41) is 3.01. The van der Waals surface area contributed by atoms with E-state index in [1.807, 2.05) is 45.0 Å². The van der Waals surface area contributed by atoms with Gasteiger partial charge in [0.05, 0.1) is 18.8 Å². The molecule has 1 heterocycles. The number of alkyl carbamates (subject to hydrolysis) is 1. The van der Waals surface area contributed by atoms with Crippen LogP contribution in [0.2, 0.25) is 0 Å². The molecular formula is C31H42FN3O4. The van der Waals surface area contributed by atoms with Crippen LogP contribution in [0, 0.1) is 23.6 Å². The number of rotatable bonds is 11. The van der Waals surface area contributed by atoms with E-state index in [0.717, 1.165) is 23.6 Å². The minimum Gasteiger partial charge on any atom is -0.493 e. The Bertz CT molecular complexity index is 1110. The van der Waals surface area contributed by atoms with Gasteiger partial charge >= 0.3 is 6.09 Å². The fourth-order valence-corrected chi connectivity index (χ4v) is 4.83. The highest BCUT2D eigenvalue weighted by atomic mass is 19.1. The number of hydrogen-bond donors (Lipinski definition) is 1. The molecule has 2 amide bonds. The van der Waals surface area contributed by atoms with Gasteiger partial charge in [0, 0.05) is 29.8 Å². The predicted octanol–water partition coefficient (Wildman–Crippen LogP) is 6.48. The van der Waals surface area contributed by atoms with Crippen molar-refractivity contribution >= 4 is 17.7 Å². The molecule has 2 aromatic rings. The fourth-order valence-electron chi connectivity index (χ4n) is 4.83. The molecule has 2 saturated carbocycles. The van der Waals surface area contributed by atoms with Crippen LogP contribution in [0.4, 0.5) is 14.9 Å². The lowest BCUT2D eigenvalue weighted by Gasteiger charge is -2.32. The van der Waals surface area contributed by atoms with Gasteiger partial charge in [-0.25, -0.2) is 9.18 Å². The molecule has 4 atom stereocenters. The summed E-state index contributed by atoms with van der Waals surface area (Å²) in [5.41, 5.74) is 0.839. The Labute approximate surface area is 231 Å². The Morgan fingerprint density at radius 1 is 1.15 bits per heavy atom. The summed E-state index contributed by atoms with van der Waals surface area (Å²) in [5.74, 6) is 0.782. The van der Waals surface area contributed by atoms with Crippen LogP contribution in [0.25, 0.3) is 0 Å². The van der Waals surface area contributed by atoms with Gasteiger partial charge in [0.15, 0.2) is 0 Å². The molecule has 0 bridgehead atoms. The molecule has 212 valence electrons. The van der Waals surface area contributed by atoms with E-state index < -0.39 is 17.5 Å². The van der Waals surface area contributed by atoms with Gasteiger partial charge < -0.3 is 19.7 Å². The first-order chi connectivity index (χ1) is 18.5. The zero-order chi connectivity index (χ0) is 28.2. The van der Waals surface area contributed by atoms with Gasteiger partial charge in [-0.3, -0.25) is 9.78 Å². The zero-order valence-electron chi connectivity index (χ0n) is 23.8. The van der Waals surface area contributed by atoms with Gasteiger partial charge in [0.2, 0.25) is 5.91 Å². The lowest BCUT2D eigenvalue weighted by molar-refractivity contribution is -0.120. The third kappa shape index (κ3) is 7.93. The predicted molar refractivity (Wildman–Crippen MR) is 149 cm³/mol. The molecule has 4 rings (SSSR count). The molecule has 2 aliphatic rings. The summed E-state index contributed by atoms with van der Waals surface area (Å²) < 4.78 is 24.9. The third-order valence-electron chi connectivity index (χ3n) is 7.77. The van der Waals surface area contributed by atoms with Crippen LogP contribution in [0.3, 0.4) is 0 Å². The van der Waals surface area contributed by atoms with Crippen molar-refractivity contribution in [2.75, 3.05) is 18.1 Å². The van der Waals surface area contributed by atoms with Crippen molar-refractivity contribution in [2.45, 2.75) is 84.3 Å². The number of ether oxygens (including phenoxy) is 2. The highest BCUT2D eigenvalue weighted by Crippen LogP contribution is 2.48. The molecule has 0 unspecified atom stereocenters. The topological polar surface area (TPSA) is 80.8 Å². The van der Waals surface area contributed by atoms with E-state index in [-0.39, 0.29) is 29.7 Å². The molecule has 7 nitrogen and oxygen atoms in total. The molecule has 0 saturated heterocycles. The Morgan fingerprint density at radius 3 is 2.44 bits per heavy atom. The van der Waals surface area contributed by atoms with Gasteiger partial charge in [-0.05, 0) is 88.3 Å². The maximum absolute atomic E-state index is 13.9. The van der Waals surface area contributed by atoms with Gasteiger partial charge in [-0.15, -0.1) is 0 Å². The second-order valence-corrected chi connectivity index (χ2v) is 12.0. The summed E-state index contributed by atoms with van der Waals surface area (Å²) in [6, 6.07) is 10.3. The number of nitrogens with one attached hydrogen (secondary N) is 1. The zero-order valence-corrected chi connectivity index (χ0v) is 23.8. The van der Waals surface area contributed by atoms with Gasteiger partial charge in [-0.1, -0.05) is 26.7 Å². The van der Waals surface area contributed by atoms with Crippen molar-refractivity contribution < 1.29 is 23.5 Å². The minimum absolute atomic E-state index is 0.0337. The number of pyridine rings is 1. The molecule has 1 N–H and O–H groups in total. The van der Waals surface area contributed by atoms with Crippen molar-refractivity contribution in [3.63, 3.8) is 0 Å². The molecule has 2 fully saturated rings. The van der Waals surface area contributed by atoms with Crippen LogP contribution < -0.4 is 15.0 Å². The van der Waals surface area contributed by atoms with Crippen LogP contribution >= 0.6 is 0 Å². The molecule has 0 aliphatic heterocycles. The molecule has 0 radical (unpaired) electrons. The summed E-state index contributed by atoms with van der Waals surface area (Å²) in [7, 11) is 0. The van der Waals surface area contributed by atoms with E-state index in [9.17, 15) is 14.0 Å². The smallest absolute Gasteiger partial charge is 0.407 e. The van der Waals surface area contributed by atoms with Gasteiger partial charge in [0.25, 0.3) is 0 Å². The Morgan fingerprint density at radius 2 is 1.87 bits per heavy atom. The number of amides is 2. The Kier molecular flexibility index (Phi) is 9.13. The molecule has 39 heavy (non-hydrogen) atoms. The Balaban J connectivity index is 1.53. The first-order valence-corrected chi connectivity index (χ1v) is 14.2. The van der Waals surface area contributed by atoms with E-state index in [1.165, 1.54) is 31.5 Å². The third-order valence-corrected chi connectivity index (χ3v) is 7.77. The van der Waals surface area contributed by atoms with Crippen LogP contribution in [0.1, 0.15) is 78.3 Å². The van der Waals surface area contributed by atoms with Gasteiger partial charge in [0.1, 0.15) is 17.2 Å². The fraction of sp³-hybridized carbons (Fsp3) is 0.581. The largest absolute Gasteiger partial charge is 0.493 e. The van der Waals surface area contributed by atoms with E-state index in [2.05, 4.69) is 24.1 Å². The number of carbonyl (C=O) groups is 2. The molecule has 8 heteroatoms. The minimum atomic E-state index is -0.627. The second kappa shape index (κ2) is 12.3. The van der Waals surface area contributed by atoms with Crippen molar-refractivity contribution in [1.29, 1.82) is 0 Å². The molecule has 2 aliphatic carbocycles. The number of hydrogen-bond acceptors (Lipinski definition) is 5. The number of anilines is 1. The second-order valence-electron chi connectivity index (χ2n) is 12.0. The summed E-state index contributed by atoms with van der Waals surface area (Å²) in [6.45, 7) is 10.6. The average Bonchev–Trinajstić information content (AvgIpc) is 3.65. The van der Waals surface area contributed by atoms with E-state index in [1.54, 1.807) is 11.0 Å². The van der Waals surface area contributed by atoms with Crippen LogP contribution in [-0.4, -0.2) is 41.8 Å². The number of nitrogens with zero attached hydrogens (tertiary/aromatic N) is 2. The highest BCUT2D eigenvalue weighted by Gasteiger charge is 2.47. The normalized spacial score (nSPS) is 20.4. The number of benzene rings is 1. The standard InChI is InChI=1S/C31H42FN3O4/c1-6-20(2)28(34-30(37)39-31(3,4)5)18-35(23-11-13-24(14-12-23)38-19-21-8-7-9-21)29(36)26-16-25(26)27-15-10-22(32)17-33-27/h10-15,17,20-21,25-26,28H,6-9,16,18-19H2,1-5H3,(H,34,37)/t20-,25+,26+,28+/m0/s1. The molecular weight excluding hydrogens is 497 g/mol. The van der Waals surface area contributed by atoms with Crippen molar-refractivity contribution in [1.82, 2.24) is 10.3 Å². The van der Waals surface area contributed by atoms with E-state index in [0.29, 0.717) is 25.5 Å². The summed E-state index contributed by atoms with van der Waals surface area (Å²) in [6.07, 6.45) is 5.88. The van der Waals surface area contributed by atoms with Crippen LogP contribution in [-0.2, 0) is 9.53 Å². The van der Waals surface area contributed by atoms with Crippen LogP contribution in [0.15, 0.2) is 42.6 Å². The van der Waals surface area contributed by atoms with Crippen molar-refractivity contribution in [3.05, 3.63) is 54.1 Å². The summed E-state index contributed by atoms with van der Waals surface area (Å²) in [4.78, 5) is 32.6. The van der Waals surface area contributed by atoms with E-state index >= 15 is 0 Å². The lowest BCUT2D eigenvalue weighted by Crippen LogP contribution is -2.50. The average molecular weight is 540 g/mol. The van der Waals surface area contributed by atoms with E-state index in [4.69, 9.17) is 9.47 Å².